The fourth-order valence-electron chi connectivity index (χ4n) is 2.79. The number of halogens is 1. The molecule has 2 aromatic rings. The van der Waals surface area contributed by atoms with Crippen molar-refractivity contribution >= 4 is 46.4 Å². The van der Waals surface area contributed by atoms with Gasteiger partial charge in [0.1, 0.15) is 0 Å². The number of carbonyl (C=O) groups excluding carboxylic acids is 3. The van der Waals surface area contributed by atoms with Crippen LogP contribution < -0.4 is 10.2 Å². The first kappa shape index (κ1) is 19.4. The quantitative estimate of drug-likeness (QED) is 0.717. The molecule has 3 rings (SSSR count). The second kappa shape index (κ2) is 9.01. The molecule has 1 N–H and O–H groups in total. The van der Waals surface area contributed by atoms with Crippen LogP contribution in [-0.4, -0.2) is 37.5 Å². The van der Waals surface area contributed by atoms with Crippen LogP contribution in [0, 0.1) is 0 Å². The van der Waals surface area contributed by atoms with Gasteiger partial charge in [0, 0.05) is 24.4 Å². The van der Waals surface area contributed by atoms with E-state index in [1.165, 1.54) is 17.0 Å². The molecular formula is C19H19ClN2O4S. The van der Waals surface area contributed by atoms with Crippen LogP contribution in [-0.2, 0) is 20.7 Å². The Bertz CT molecular complexity index is 838. The highest BCUT2D eigenvalue weighted by Crippen LogP contribution is 2.30. The fourth-order valence-corrected chi connectivity index (χ4v) is 3.72. The Hall–Kier alpha value is -2.38. The lowest BCUT2D eigenvalue weighted by atomic mass is 10.2. The molecule has 142 valence electrons. The monoisotopic (exact) mass is 406 g/mol. The van der Waals surface area contributed by atoms with E-state index < -0.39 is 5.97 Å². The van der Waals surface area contributed by atoms with Crippen molar-refractivity contribution in [1.29, 1.82) is 0 Å². The molecule has 1 saturated heterocycles. The number of amides is 2. The highest BCUT2D eigenvalue weighted by molar-refractivity contribution is 7.09. The highest BCUT2D eigenvalue weighted by atomic mass is 35.5. The number of rotatable bonds is 7. The SMILES string of the molecule is O=C(COC(=O)c1ccc(Cl)c(N2CCCC2=O)c1)NCCc1cccs1. The first-order valence-electron chi connectivity index (χ1n) is 8.61. The van der Waals surface area contributed by atoms with Gasteiger partial charge < -0.3 is 15.0 Å². The predicted molar refractivity (Wildman–Crippen MR) is 104 cm³/mol. The second-order valence-corrected chi connectivity index (χ2v) is 7.51. The molecule has 27 heavy (non-hydrogen) atoms. The van der Waals surface area contributed by atoms with Gasteiger partial charge in [0.15, 0.2) is 6.61 Å². The molecule has 8 heteroatoms. The summed E-state index contributed by atoms with van der Waals surface area (Å²) in [5, 5.41) is 5.09. The Morgan fingerprint density at radius 3 is 2.85 bits per heavy atom. The number of hydrogen-bond donors (Lipinski definition) is 1. The number of hydrogen-bond acceptors (Lipinski definition) is 5. The molecule has 1 aliphatic rings. The standard InChI is InChI=1S/C19H19ClN2O4S/c20-15-6-5-13(11-16(15)22-9-1-4-18(22)24)19(25)26-12-17(23)21-8-7-14-3-2-10-27-14/h2-3,5-6,10-11H,1,4,7-9,12H2,(H,21,23). The van der Waals surface area contributed by atoms with Crippen LogP contribution in [0.25, 0.3) is 0 Å². The van der Waals surface area contributed by atoms with Gasteiger partial charge in [-0.25, -0.2) is 4.79 Å². The number of nitrogens with zero attached hydrogens (tertiary/aromatic N) is 1. The average Bonchev–Trinajstić information content (AvgIpc) is 3.32. The third-order valence-corrected chi connectivity index (χ3v) is 5.41. The van der Waals surface area contributed by atoms with Crippen LogP contribution in [0.3, 0.4) is 0 Å². The van der Waals surface area contributed by atoms with Crippen molar-refractivity contribution in [1.82, 2.24) is 5.32 Å². The van der Waals surface area contributed by atoms with Crippen molar-refractivity contribution in [2.75, 3.05) is 24.6 Å². The predicted octanol–water partition coefficient (Wildman–Crippen LogP) is 3.04. The zero-order chi connectivity index (χ0) is 19.2. The molecule has 0 atom stereocenters. The van der Waals surface area contributed by atoms with E-state index in [9.17, 15) is 14.4 Å². The van der Waals surface area contributed by atoms with E-state index in [1.54, 1.807) is 22.3 Å². The van der Waals surface area contributed by atoms with E-state index in [-0.39, 0.29) is 24.0 Å². The molecule has 0 saturated carbocycles. The maximum atomic E-state index is 12.2. The Labute approximate surface area is 166 Å². The molecule has 1 fully saturated rings. The van der Waals surface area contributed by atoms with E-state index in [0.29, 0.717) is 30.2 Å². The Morgan fingerprint density at radius 1 is 1.30 bits per heavy atom. The van der Waals surface area contributed by atoms with Gasteiger partial charge in [-0.3, -0.25) is 9.59 Å². The molecule has 6 nitrogen and oxygen atoms in total. The van der Waals surface area contributed by atoms with Crippen LogP contribution in [0.1, 0.15) is 28.1 Å². The Morgan fingerprint density at radius 2 is 2.15 bits per heavy atom. The van der Waals surface area contributed by atoms with Gasteiger partial charge in [-0.1, -0.05) is 17.7 Å². The van der Waals surface area contributed by atoms with E-state index in [1.807, 2.05) is 17.5 Å². The lowest BCUT2D eigenvalue weighted by Gasteiger charge is -2.18. The van der Waals surface area contributed by atoms with Gasteiger partial charge in [0.2, 0.25) is 5.91 Å². The van der Waals surface area contributed by atoms with Crippen molar-refractivity contribution in [3.63, 3.8) is 0 Å². The lowest BCUT2D eigenvalue weighted by Crippen LogP contribution is -2.30. The summed E-state index contributed by atoms with van der Waals surface area (Å²) in [6, 6.07) is 8.56. The third kappa shape index (κ3) is 5.08. The van der Waals surface area contributed by atoms with E-state index in [0.717, 1.165) is 12.8 Å². The molecule has 0 spiro atoms. The topological polar surface area (TPSA) is 75.7 Å². The largest absolute Gasteiger partial charge is 0.452 e. The van der Waals surface area contributed by atoms with Gasteiger partial charge >= 0.3 is 5.97 Å². The molecule has 0 unspecified atom stereocenters. The summed E-state index contributed by atoms with van der Waals surface area (Å²) in [5.74, 6) is -1.01. The van der Waals surface area contributed by atoms with Gasteiger partial charge in [-0.15, -0.1) is 11.3 Å². The minimum atomic E-state index is -0.632. The number of thiophene rings is 1. The smallest absolute Gasteiger partial charge is 0.338 e. The minimum absolute atomic E-state index is 0.0208. The van der Waals surface area contributed by atoms with Gasteiger partial charge in [0.05, 0.1) is 16.3 Å². The first-order chi connectivity index (χ1) is 13.0. The number of nitrogens with one attached hydrogen (secondary N) is 1. The summed E-state index contributed by atoms with van der Waals surface area (Å²) in [5.41, 5.74) is 0.745. The van der Waals surface area contributed by atoms with Gasteiger partial charge in [-0.05, 0) is 42.5 Å². The lowest BCUT2D eigenvalue weighted by molar-refractivity contribution is -0.124. The minimum Gasteiger partial charge on any atom is -0.452 e. The van der Waals surface area contributed by atoms with Crippen molar-refractivity contribution < 1.29 is 19.1 Å². The second-order valence-electron chi connectivity index (χ2n) is 6.07. The summed E-state index contributed by atoms with van der Waals surface area (Å²) in [6.07, 6.45) is 1.97. The molecule has 2 heterocycles. The number of anilines is 1. The van der Waals surface area contributed by atoms with Crippen LogP contribution in [0.5, 0.6) is 0 Å². The summed E-state index contributed by atoms with van der Waals surface area (Å²) in [7, 11) is 0. The number of ether oxygens (including phenoxy) is 1. The van der Waals surface area contributed by atoms with Crippen LogP contribution in [0.15, 0.2) is 35.7 Å². The third-order valence-electron chi connectivity index (χ3n) is 4.15. The molecule has 1 aliphatic heterocycles. The van der Waals surface area contributed by atoms with Gasteiger partial charge in [0.25, 0.3) is 5.91 Å². The van der Waals surface area contributed by atoms with Crippen LogP contribution in [0.4, 0.5) is 5.69 Å². The van der Waals surface area contributed by atoms with Gasteiger partial charge in [-0.2, -0.15) is 0 Å². The molecular weight excluding hydrogens is 388 g/mol. The normalized spacial score (nSPS) is 13.7. The highest BCUT2D eigenvalue weighted by Gasteiger charge is 2.24. The molecule has 0 bridgehead atoms. The molecule has 1 aromatic carbocycles. The van der Waals surface area contributed by atoms with Crippen LogP contribution in [0.2, 0.25) is 5.02 Å². The number of benzene rings is 1. The summed E-state index contributed by atoms with van der Waals surface area (Å²) in [4.78, 5) is 38.7. The van der Waals surface area contributed by atoms with E-state index in [2.05, 4.69) is 5.32 Å². The fraction of sp³-hybridized carbons (Fsp3) is 0.316. The van der Waals surface area contributed by atoms with Crippen molar-refractivity contribution in [2.45, 2.75) is 19.3 Å². The summed E-state index contributed by atoms with van der Waals surface area (Å²) >= 11 is 7.79. The maximum absolute atomic E-state index is 12.2. The van der Waals surface area contributed by atoms with Crippen molar-refractivity contribution in [2.24, 2.45) is 0 Å². The number of carbonyl (C=O) groups is 3. The zero-order valence-electron chi connectivity index (χ0n) is 14.6. The molecule has 2 amide bonds. The van der Waals surface area contributed by atoms with E-state index in [4.69, 9.17) is 16.3 Å². The van der Waals surface area contributed by atoms with Crippen LogP contribution >= 0.6 is 22.9 Å². The Balaban J connectivity index is 1.51. The summed E-state index contributed by atoms with van der Waals surface area (Å²) < 4.78 is 5.07. The first-order valence-corrected chi connectivity index (χ1v) is 9.86. The van der Waals surface area contributed by atoms with Crippen molar-refractivity contribution in [3.8, 4) is 0 Å². The van der Waals surface area contributed by atoms with Crippen molar-refractivity contribution in [3.05, 3.63) is 51.2 Å². The summed E-state index contributed by atoms with van der Waals surface area (Å²) in [6.45, 7) is 0.701. The molecule has 1 aromatic heterocycles. The zero-order valence-corrected chi connectivity index (χ0v) is 16.1. The number of esters is 1. The Kier molecular flexibility index (Phi) is 6.47. The molecule has 0 radical (unpaired) electrons. The van der Waals surface area contributed by atoms with E-state index >= 15 is 0 Å². The maximum Gasteiger partial charge on any atom is 0.338 e. The molecule has 0 aliphatic carbocycles. The average molecular weight is 407 g/mol.